The van der Waals surface area contributed by atoms with Gasteiger partial charge in [0.25, 0.3) is 0 Å². The van der Waals surface area contributed by atoms with E-state index in [1.165, 1.54) is 0 Å². The fraction of sp³-hybridized carbons (Fsp3) is 0.600. The van der Waals surface area contributed by atoms with Crippen molar-refractivity contribution in [2.24, 2.45) is 0 Å². The number of pyridine rings is 1. The molecule has 1 aromatic rings. The van der Waals surface area contributed by atoms with Crippen molar-refractivity contribution in [1.29, 1.82) is 0 Å². The fourth-order valence-corrected chi connectivity index (χ4v) is 3.20. The average molecular weight is 274 g/mol. The van der Waals surface area contributed by atoms with Crippen LogP contribution in [0.2, 0.25) is 0 Å². The molecule has 5 nitrogen and oxygen atoms in total. The molecular formula is C15H22N4O. The van der Waals surface area contributed by atoms with Crippen LogP contribution in [0.5, 0.6) is 0 Å². The first kappa shape index (κ1) is 13.4. The van der Waals surface area contributed by atoms with Crippen LogP contribution in [0.1, 0.15) is 18.4 Å². The first-order valence-electron chi connectivity index (χ1n) is 7.44. The molecule has 0 radical (unpaired) electrons. The number of amides is 1. The number of aryl methyl sites for hydroxylation is 1. The van der Waals surface area contributed by atoms with Crippen LogP contribution in [0.3, 0.4) is 0 Å². The van der Waals surface area contributed by atoms with Gasteiger partial charge < -0.3 is 15.1 Å². The average Bonchev–Trinajstić information content (AvgIpc) is 2.97. The summed E-state index contributed by atoms with van der Waals surface area (Å²) in [4.78, 5) is 21.2. The van der Waals surface area contributed by atoms with Gasteiger partial charge in [-0.05, 0) is 31.4 Å². The molecule has 2 aliphatic heterocycles. The van der Waals surface area contributed by atoms with Crippen molar-refractivity contribution < 1.29 is 4.79 Å². The zero-order chi connectivity index (χ0) is 13.9. The second-order valence-electron chi connectivity index (χ2n) is 5.59. The lowest BCUT2D eigenvalue weighted by Gasteiger charge is -2.34. The Morgan fingerprint density at radius 2 is 2.15 bits per heavy atom. The smallest absolute Gasteiger partial charge is 0.245 e. The molecule has 2 fully saturated rings. The standard InChI is InChI=1S/C15H22N4O/c1-12-11-17-5-4-13(12)19-8-2-3-14(19)15(20)18-9-6-16-7-10-18/h4-5,11,14,16H,2-3,6-10H2,1H3. The van der Waals surface area contributed by atoms with Crippen molar-refractivity contribution in [3.8, 4) is 0 Å². The number of hydrogen-bond acceptors (Lipinski definition) is 4. The maximum Gasteiger partial charge on any atom is 0.245 e. The molecule has 1 atom stereocenters. The molecule has 108 valence electrons. The summed E-state index contributed by atoms with van der Waals surface area (Å²) in [6.07, 6.45) is 5.74. The Morgan fingerprint density at radius 1 is 1.35 bits per heavy atom. The number of carbonyl (C=O) groups excluding carboxylic acids is 1. The third kappa shape index (κ3) is 2.50. The van der Waals surface area contributed by atoms with Crippen molar-refractivity contribution in [2.45, 2.75) is 25.8 Å². The van der Waals surface area contributed by atoms with Gasteiger partial charge in [-0.15, -0.1) is 0 Å². The van der Waals surface area contributed by atoms with Crippen LogP contribution >= 0.6 is 0 Å². The lowest BCUT2D eigenvalue weighted by Crippen LogP contribution is -2.52. The van der Waals surface area contributed by atoms with E-state index in [0.717, 1.165) is 56.8 Å². The molecule has 3 rings (SSSR count). The van der Waals surface area contributed by atoms with Gasteiger partial charge in [0.05, 0.1) is 0 Å². The quantitative estimate of drug-likeness (QED) is 0.866. The molecule has 1 amide bonds. The summed E-state index contributed by atoms with van der Waals surface area (Å²) in [6.45, 7) is 6.51. The molecular weight excluding hydrogens is 252 g/mol. The second-order valence-corrected chi connectivity index (χ2v) is 5.59. The second kappa shape index (κ2) is 5.79. The highest BCUT2D eigenvalue weighted by Gasteiger charge is 2.34. The SMILES string of the molecule is Cc1cnccc1N1CCCC1C(=O)N1CCNCC1. The molecule has 0 spiro atoms. The molecule has 2 aliphatic rings. The lowest BCUT2D eigenvalue weighted by atomic mass is 10.1. The Morgan fingerprint density at radius 3 is 2.90 bits per heavy atom. The van der Waals surface area contributed by atoms with Gasteiger partial charge in [0.1, 0.15) is 6.04 Å². The maximum absolute atomic E-state index is 12.7. The van der Waals surface area contributed by atoms with Crippen LogP contribution in [-0.4, -0.2) is 54.6 Å². The fourth-order valence-electron chi connectivity index (χ4n) is 3.20. The number of nitrogens with zero attached hydrogens (tertiary/aromatic N) is 3. The zero-order valence-corrected chi connectivity index (χ0v) is 12.0. The van der Waals surface area contributed by atoms with E-state index in [1.54, 1.807) is 0 Å². The van der Waals surface area contributed by atoms with Crippen LogP contribution in [0.15, 0.2) is 18.5 Å². The van der Waals surface area contributed by atoms with Gasteiger partial charge >= 0.3 is 0 Å². The predicted octanol–water partition coefficient (Wildman–Crippen LogP) is 0.791. The lowest BCUT2D eigenvalue weighted by molar-refractivity contribution is -0.132. The van der Waals surface area contributed by atoms with E-state index in [2.05, 4.69) is 22.1 Å². The topological polar surface area (TPSA) is 48.5 Å². The van der Waals surface area contributed by atoms with Gasteiger partial charge in [0.2, 0.25) is 5.91 Å². The Hall–Kier alpha value is -1.62. The molecule has 1 N–H and O–H groups in total. The van der Waals surface area contributed by atoms with E-state index in [4.69, 9.17) is 0 Å². The molecule has 0 aliphatic carbocycles. The van der Waals surface area contributed by atoms with Crippen LogP contribution < -0.4 is 10.2 Å². The highest BCUT2D eigenvalue weighted by Crippen LogP contribution is 2.28. The number of hydrogen-bond donors (Lipinski definition) is 1. The molecule has 1 aromatic heterocycles. The predicted molar refractivity (Wildman–Crippen MR) is 78.8 cm³/mol. The summed E-state index contributed by atoms with van der Waals surface area (Å²) in [5.41, 5.74) is 2.30. The molecule has 5 heteroatoms. The van der Waals surface area contributed by atoms with E-state index in [-0.39, 0.29) is 6.04 Å². The summed E-state index contributed by atoms with van der Waals surface area (Å²) in [7, 11) is 0. The maximum atomic E-state index is 12.7. The minimum atomic E-state index is 0.00852. The van der Waals surface area contributed by atoms with Gasteiger partial charge in [-0.2, -0.15) is 0 Å². The molecule has 0 saturated carbocycles. The number of anilines is 1. The van der Waals surface area contributed by atoms with E-state index < -0.39 is 0 Å². The van der Waals surface area contributed by atoms with E-state index >= 15 is 0 Å². The number of piperazine rings is 1. The highest BCUT2D eigenvalue weighted by atomic mass is 16.2. The Bertz CT molecular complexity index is 485. The van der Waals surface area contributed by atoms with Crippen molar-refractivity contribution in [1.82, 2.24) is 15.2 Å². The van der Waals surface area contributed by atoms with E-state index in [1.807, 2.05) is 23.4 Å². The largest absolute Gasteiger partial charge is 0.359 e. The van der Waals surface area contributed by atoms with Gasteiger partial charge in [0.15, 0.2) is 0 Å². The Kier molecular flexibility index (Phi) is 3.87. The molecule has 0 aromatic carbocycles. The van der Waals surface area contributed by atoms with E-state index in [9.17, 15) is 4.79 Å². The monoisotopic (exact) mass is 274 g/mol. The van der Waals surface area contributed by atoms with Crippen molar-refractivity contribution >= 4 is 11.6 Å². The van der Waals surface area contributed by atoms with Gasteiger partial charge in [-0.3, -0.25) is 9.78 Å². The minimum Gasteiger partial charge on any atom is -0.359 e. The van der Waals surface area contributed by atoms with Crippen LogP contribution in [0.25, 0.3) is 0 Å². The first-order valence-corrected chi connectivity index (χ1v) is 7.44. The van der Waals surface area contributed by atoms with Crippen molar-refractivity contribution in [3.05, 3.63) is 24.0 Å². The Labute approximate surface area is 120 Å². The summed E-state index contributed by atoms with van der Waals surface area (Å²) >= 11 is 0. The number of aromatic nitrogens is 1. The zero-order valence-electron chi connectivity index (χ0n) is 12.0. The van der Waals surface area contributed by atoms with Crippen LogP contribution in [0.4, 0.5) is 5.69 Å². The van der Waals surface area contributed by atoms with Gasteiger partial charge in [-0.1, -0.05) is 0 Å². The molecule has 3 heterocycles. The third-order valence-corrected chi connectivity index (χ3v) is 4.27. The summed E-state index contributed by atoms with van der Waals surface area (Å²) in [5.74, 6) is 0.292. The summed E-state index contributed by atoms with van der Waals surface area (Å²) < 4.78 is 0. The van der Waals surface area contributed by atoms with Crippen LogP contribution in [0, 0.1) is 6.92 Å². The Balaban J connectivity index is 1.78. The summed E-state index contributed by atoms with van der Waals surface area (Å²) in [5, 5.41) is 3.30. The molecule has 1 unspecified atom stereocenters. The first-order chi connectivity index (χ1) is 9.77. The van der Waals surface area contributed by atoms with Crippen molar-refractivity contribution in [3.63, 3.8) is 0 Å². The number of carbonyl (C=O) groups is 1. The van der Waals surface area contributed by atoms with Gasteiger partial charge in [0, 0.05) is 50.8 Å². The van der Waals surface area contributed by atoms with E-state index in [0.29, 0.717) is 5.91 Å². The molecule has 2 saturated heterocycles. The number of nitrogens with one attached hydrogen (secondary N) is 1. The van der Waals surface area contributed by atoms with Crippen LogP contribution in [-0.2, 0) is 4.79 Å². The number of rotatable bonds is 2. The van der Waals surface area contributed by atoms with Crippen molar-refractivity contribution in [2.75, 3.05) is 37.6 Å². The third-order valence-electron chi connectivity index (χ3n) is 4.27. The minimum absolute atomic E-state index is 0.00852. The molecule has 0 bridgehead atoms. The summed E-state index contributed by atoms with van der Waals surface area (Å²) in [6, 6.07) is 2.03. The highest BCUT2D eigenvalue weighted by molar-refractivity contribution is 5.86. The normalized spacial score (nSPS) is 23.1. The van der Waals surface area contributed by atoms with Gasteiger partial charge in [-0.25, -0.2) is 0 Å². The molecule has 20 heavy (non-hydrogen) atoms.